The molecule has 0 saturated carbocycles. The number of rotatable bonds is 3. The molecule has 4 heteroatoms. The summed E-state index contributed by atoms with van der Waals surface area (Å²) in [5.74, 6) is 0.351. The van der Waals surface area contributed by atoms with Crippen LogP contribution in [0.1, 0.15) is 47.7 Å². The van der Waals surface area contributed by atoms with Gasteiger partial charge in [0, 0.05) is 10.9 Å². The molecule has 0 spiro atoms. The van der Waals surface area contributed by atoms with Crippen molar-refractivity contribution in [2.45, 2.75) is 40.0 Å². The third kappa shape index (κ3) is 3.39. The number of aromatic nitrogens is 2. The molecule has 0 unspecified atom stereocenters. The van der Waals surface area contributed by atoms with Gasteiger partial charge in [-0.15, -0.1) is 5.10 Å². The summed E-state index contributed by atoms with van der Waals surface area (Å²) >= 11 is 9.63. The molecule has 0 atom stereocenters. The van der Waals surface area contributed by atoms with Gasteiger partial charge in [0.05, 0.1) is 5.69 Å². The molecule has 0 saturated heterocycles. The van der Waals surface area contributed by atoms with E-state index in [2.05, 4.69) is 72.0 Å². The highest BCUT2D eigenvalue weighted by Gasteiger charge is 2.11. The predicted octanol–water partition coefficient (Wildman–Crippen LogP) is 5.22. The van der Waals surface area contributed by atoms with E-state index in [4.69, 9.17) is 11.6 Å². The van der Waals surface area contributed by atoms with Crippen LogP contribution < -0.4 is 0 Å². The zero-order chi connectivity index (χ0) is 14.9. The molecule has 0 aliphatic carbocycles. The van der Waals surface area contributed by atoms with E-state index in [0.717, 1.165) is 22.2 Å². The van der Waals surface area contributed by atoms with E-state index >= 15 is 0 Å². The Labute approximate surface area is 133 Å². The number of aryl methyl sites for hydroxylation is 2. The second-order valence-corrected chi connectivity index (χ2v) is 6.71. The fourth-order valence-electron chi connectivity index (χ4n) is 2.33. The molecule has 0 aliphatic rings. The summed E-state index contributed by atoms with van der Waals surface area (Å²) in [5.41, 5.74) is 5.86. The topological polar surface area (TPSA) is 25.8 Å². The average molecular weight is 354 g/mol. The molecule has 1 aromatic heterocycles. The normalized spacial score (nSPS) is 11.2. The maximum absolute atomic E-state index is 6.10. The van der Waals surface area contributed by atoms with Crippen molar-refractivity contribution in [3.63, 3.8) is 0 Å². The van der Waals surface area contributed by atoms with Crippen LogP contribution in [-0.2, 0) is 6.42 Å². The minimum absolute atomic E-state index is 0.351. The summed E-state index contributed by atoms with van der Waals surface area (Å²) in [7, 11) is 0. The van der Waals surface area contributed by atoms with Gasteiger partial charge in [0.2, 0.25) is 0 Å². The molecule has 0 fully saturated rings. The fraction of sp³-hybridized carbons (Fsp3) is 0.375. The van der Waals surface area contributed by atoms with Crippen LogP contribution in [0, 0.1) is 13.8 Å². The van der Waals surface area contributed by atoms with Gasteiger partial charge in [-0.2, -0.15) is 5.10 Å². The van der Waals surface area contributed by atoms with Crippen LogP contribution in [0.2, 0.25) is 5.15 Å². The molecule has 106 valence electrons. The Bertz CT molecular complexity index is 615. The number of halogens is 2. The Morgan fingerprint density at radius 3 is 2.25 bits per heavy atom. The maximum atomic E-state index is 6.10. The van der Waals surface area contributed by atoms with Gasteiger partial charge in [0.1, 0.15) is 0 Å². The Morgan fingerprint density at radius 1 is 1.10 bits per heavy atom. The summed E-state index contributed by atoms with van der Waals surface area (Å²) in [6.45, 7) is 8.48. The van der Waals surface area contributed by atoms with Crippen molar-refractivity contribution in [3.8, 4) is 0 Å². The first-order valence-electron chi connectivity index (χ1n) is 6.66. The SMILES string of the molecule is Cc1cc(Br)cc(C)c1Cc1cc(C(C)C)c(Cl)nn1. The minimum atomic E-state index is 0.351. The number of hydrogen-bond acceptors (Lipinski definition) is 2. The average Bonchev–Trinajstić information content (AvgIpc) is 2.35. The molecule has 0 bridgehead atoms. The summed E-state index contributed by atoms with van der Waals surface area (Å²) in [4.78, 5) is 0. The third-order valence-corrected chi connectivity index (χ3v) is 4.22. The van der Waals surface area contributed by atoms with Crippen LogP contribution in [0.15, 0.2) is 22.7 Å². The predicted molar refractivity (Wildman–Crippen MR) is 87.6 cm³/mol. The van der Waals surface area contributed by atoms with E-state index in [1.165, 1.54) is 16.7 Å². The molecule has 2 rings (SSSR count). The zero-order valence-electron chi connectivity index (χ0n) is 12.2. The van der Waals surface area contributed by atoms with Gasteiger partial charge >= 0.3 is 0 Å². The summed E-state index contributed by atoms with van der Waals surface area (Å²) in [5, 5.41) is 8.81. The molecular weight excluding hydrogens is 336 g/mol. The van der Waals surface area contributed by atoms with Crippen molar-refractivity contribution in [2.75, 3.05) is 0 Å². The Morgan fingerprint density at radius 2 is 1.70 bits per heavy atom. The molecule has 1 aromatic carbocycles. The largest absolute Gasteiger partial charge is 0.155 e. The van der Waals surface area contributed by atoms with Crippen LogP contribution in [-0.4, -0.2) is 10.2 Å². The van der Waals surface area contributed by atoms with E-state index in [0.29, 0.717) is 11.1 Å². The van der Waals surface area contributed by atoms with Gasteiger partial charge in [-0.1, -0.05) is 41.4 Å². The van der Waals surface area contributed by atoms with Crippen molar-refractivity contribution in [2.24, 2.45) is 0 Å². The highest BCUT2D eigenvalue weighted by atomic mass is 79.9. The van der Waals surface area contributed by atoms with Crippen LogP contribution in [0.5, 0.6) is 0 Å². The Balaban J connectivity index is 2.38. The van der Waals surface area contributed by atoms with Gasteiger partial charge in [-0.3, -0.25) is 0 Å². The monoisotopic (exact) mass is 352 g/mol. The van der Waals surface area contributed by atoms with Crippen LogP contribution >= 0.6 is 27.5 Å². The van der Waals surface area contributed by atoms with Crippen molar-refractivity contribution >= 4 is 27.5 Å². The van der Waals surface area contributed by atoms with Crippen molar-refractivity contribution in [3.05, 3.63) is 55.8 Å². The Kier molecular flexibility index (Phi) is 4.82. The maximum Gasteiger partial charge on any atom is 0.155 e. The van der Waals surface area contributed by atoms with Crippen LogP contribution in [0.25, 0.3) is 0 Å². The second-order valence-electron chi connectivity index (χ2n) is 5.43. The quantitative estimate of drug-likeness (QED) is 0.755. The van der Waals surface area contributed by atoms with Gasteiger partial charge in [-0.25, -0.2) is 0 Å². The van der Waals surface area contributed by atoms with Crippen molar-refractivity contribution in [1.82, 2.24) is 10.2 Å². The molecule has 0 amide bonds. The molecule has 2 nitrogen and oxygen atoms in total. The molecule has 0 radical (unpaired) electrons. The van der Waals surface area contributed by atoms with Crippen molar-refractivity contribution in [1.29, 1.82) is 0 Å². The highest BCUT2D eigenvalue weighted by molar-refractivity contribution is 9.10. The summed E-state index contributed by atoms with van der Waals surface area (Å²) in [6.07, 6.45) is 0.787. The molecule has 2 aromatic rings. The van der Waals surface area contributed by atoms with E-state index in [1.807, 2.05) is 0 Å². The zero-order valence-corrected chi connectivity index (χ0v) is 14.5. The lowest BCUT2D eigenvalue weighted by Gasteiger charge is -2.12. The van der Waals surface area contributed by atoms with E-state index < -0.39 is 0 Å². The lowest BCUT2D eigenvalue weighted by Crippen LogP contribution is -2.03. The van der Waals surface area contributed by atoms with Gasteiger partial charge in [0.15, 0.2) is 5.15 Å². The lowest BCUT2D eigenvalue weighted by molar-refractivity contribution is 0.822. The molecule has 0 aliphatic heterocycles. The molecule has 0 N–H and O–H groups in total. The van der Waals surface area contributed by atoms with Gasteiger partial charge in [-0.05, 0) is 60.2 Å². The summed E-state index contributed by atoms with van der Waals surface area (Å²) < 4.78 is 1.11. The highest BCUT2D eigenvalue weighted by Crippen LogP contribution is 2.25. The molecular formula is C16H18BrClN2. The summed E-state index contributed by atoms with van der Waals surface area (Å²) in [6, 6.07) is 6.34. The van der Waals surface area contributed by atoms with Gasteiger partial charge in [0.25, 0.3) is 0 Å². The Hall–Kier alpha value is -0.930. The number of benzene rings is 1. The van der Waals surface area contributed by atoms with Crippen molar-refractivity contribution < 1.29 is 0 Å². The number of nitrogens with zero attached hydrogens (tertiary/aromatic N) is 2. The minimum Gasteiger partial charge on any atom is -0.154 e. The standard InChI is InChI=1S/C16H18BrClN2/c1-9(2)14-7-13(19-20-16(14)18)8-15-10(3)5-12(17)6-11(15)4/h5-7,9H,8H2,1-4H3. The first-order chi connectivity index (χ1) is 9.38. The smallest absolute Gasteiger partial charge is 0.154 e. The number of hydrogen-bond donors (Lipinski definition) is 0. The van der Waals surface area contributed by atoms with E-state index in [-0.39, 0.29) is 0 Å². The molecule has 1 heterocycles. The van der Waals surface area contributed by atoms with Crippen LogP contribution in [0.4, 0.5) is 0 Å². The first kappa shape index (κ1) is 15.5. The third-order valence-electron chi connectivity index (χ3n) is 3.47. The molecule has 20 heavy (non-hydrogen) atoms. The van der Waals surface area contributed by atoms with Crippen LogP contribution in [0.3, 0.4) is 0 Å². The fourth-order valence-corrected chi connectivity index (χ4v) is 3.32. The van der Waals surface area contributed by atoms with E-state index in [9.17, 15) is 0 Å². The first-order valence-corrected chi connectivity index (χ1v) is 7.83. The van der Waals surface area contributed by atoms with Gasteiger partial charge < -0.3 is 0 Å². The second kappa shape index (κ2) is 6.23. The van der Waals surface area contributed by atoms with E-state index in [1.54, 1.807) is 0 Å². The lowest BCUT2D eigenvalue weighted by atomic mass is 9.97.